The summed E-state index contributed by atoms with van der Waals surface area (Å²) in [5.41, 5.74) is 2.84. The second-order valence-corrected chi connectivity index (χ2v) is 4.03. The second-order valence-electron chi connectivity index (χ2n) is 3.11. The third-order valence-electron chi connectivity index (χ3n) is 2.19. The van der Waals surface area contributed by atoms with E-state index in [9.17, 15) is 0 Å². The van der Waals surface area contributed by atoms with Crippen LogP contribution < -0.4 is 0 Å². The Morgan fingerprint density at radius 2 is 2.17 bits per heavy atom. The molecule has 0 saturated heterocycles. The zero-order chi connectivity index (χ0) is 8.55. The number of benzene rings is 1. The van der Waals surface area contributed by atoms with E-state index in [4.69, 9.17) is 0 Å². The summed E-state index contributed by atoms with van der Waals surface area (Å²) in [6.45, 7) is 4.35. The van der Waals surface area contributed by atoms with Gasteiger partial charge in [0.25, 0.3) is 0 Å². The van der Waals surface area contributed by atoms with Gasteiger partial charge in [-0.15, -0.1) is 11.3 Å². The van der Waals surface area contributed by atoms with Crippen LogP contribution in [0.5, 0.6) is 0 Å². The maximum absolute atomic E-state index is 2.27. The fourth-order valence-electron chi connectivity index (χ4n) is 1.46. The van der Waals surface area contributed by atoms with Gasteiger partial charge in [-0.1, -0.05) is 19.1 Å². The van der Waals surface area contributed by atoms with Crippen molar-refractivity contribution in [3.8, 4) is 0 Å². The molecule has 0 spiro atoms. The van der Waals surface area contributed by atoms with Crippen molar-refractivity contribution in [3.05, 3.63) is 34.7 Å². The van der Waals surface area contributed by atoms with Crippen molar-refractivity contribution in [2.24, 2.45) is 0 Å². The van der Waals surface area contributed by atoms with Crippen LogP contribution in [0.4, 0.5) is 0 Å². The lowest BCUT2D eigenvalue weighted by atomic mass is 10.1. The molecule has 1 aromatic heterocycles. The van der Waals surface area contributed by atoms with Gasteiger partial charge < -0.3 is 0 Å². The van der Waals surface area contributed by atoms with E-state index in [2.05, 4.69) is 37.4 Å². The number of fused-ring (bicyclic) bond motifs is 1. The minimum absolute atomic E-state index is 1.14. The Kier molecular flexibility index (Phi) is 1.89. The van der Waals surface area contributed by atoms with Crippen LogP contribution in [0.2, 0.25) is 0 Å². The zero-order valence-electron chi connectivity index (χ0n) is 7.42. The van der Waals surface area contributed by atoms with E-state index in [1.807, 2.05) is 11.3 Å². The molecule has 0 unspecified atom stereocenters. The summed E-state index contributed by atoms with van der Waals surface area (Å²) in [5, 5.41) is 3.71. The van der Waals surface area contributed by atoms with Crippen molar-refractivity contribution in [2.75, 3.05) is 0 Å². The highest BCUT2D eigenvalue weighted by Gasteiger charge is 2.00. The van der Waals surface area contributed by atoms with Crippen LogP contribution in [0.1, 0.15) is 18.1 Å². The summed E-state index contributed by atoms with van der Waals surface area (Å²) in [7, 11) is 0. The number of hydrogen-bond donors (Lipinski definition) is 0. The monoisotopic (exact) mass is 176 g/mol. The first-order valence-electron chi connectivity index (χ1n) is 4.28. The van der Waals surface area contributed by atoms with Crippen LogP contribution in [-0.2, 0) is 6.42 Å². The van der Waals surface area contributed by atoms with Crippen LogP contribution in [0.3, 0.4) is 0 Å². The SMILES string of the molecule is CCc1csc2cc(C)ccc12. The van der Waals surface area contributed by atoms with E-state index in [1.54, 1.807) is 0 Å². The summed E-state index contributed by atoms with van der Waals surface area (Å²) in [6, 6.07) is 6.69. The first-order valence-corrected chi connectivity index (χ1v) is 5.16. The Morgan fingerprint density at radius 3 is 2.92 bits per heavy atom. The van der Waals surface area contributed by atoms with Crippen LogP contribution in [0.15, 0.2) is 23.6 Å². The molecule has 0 N–H and O–H groups in total. The Balaban J connectivity index is 2.73. The van der Waals surface area contributed by atoms with Gasteiger partial charge in [0.05, 0.1) is 0 Å². The summed E-state index contributed by atoms with van der Waals surface area (Å²) in [4.78, 5) is 0. The van der Waals surface area contributed by atoms with Crippen molar-refractivity contribution in [1.29, 1.82) is 0 Å². The molecule has 62 valence electrons. The summed E-state index contributed by atoms with van der Waals surface area (Å²) < 4.78 is 1.42. The van der Waals surface area contributed by atoms with Crippen molar-refractivity contribution in [1.82, 2.24) is 0 Å². The molecule has 2 aromatic rings. The molecule has 2 rings (SSSR count). The van der Waals surface area contributed by atoms with E-state index in [0.717, 1.165) is 6.42 Å². The van der Waals surface area contributed by atoms with Gasteiger partial charge in [-0.2, -0.15) is 0 Å². The molecule has 12 heavy (non-hydrogen) atoms. The van der Waals surface area contributed by atoms with Crippen molar-refractivity contribution >= 4 is 21.4 Å². The molecule has 1 heterocycles. The second kappa shape index (κ2) is 2.91. The predicted molar refractivity (Wildman–Crippen MR) is 55.9 cm³/mol. The number of thiophene rings is 1. The molecule has 0 bridgehead atoms. The van der Waals surface area contributed by atoms with E-state index in [-0.39, 0.29) is 0 Å². The molecular formula is C11H12S. The molecule has 0 amide bonds. The largest absolute Gasteiger partial charge is 0.144 e. The summed E-state index contributed by atoms with van der Waals surface area (Å²) >= 11 is 1.85. The van der Waals surface area contributed by atoms with Gasteiger partial charge in [0.15, 0.2) is 0 Å². The smallest absolute Gasteiger partial charge is 0.0348 e. The fourth-order valence-corrected chi connectivity index (χ4v) is 2.61. The number of hydrogen-bond acceptors (Lipinski definition) is 1. The van der Waals surface area contributed by atoms with E-state index >= 15 is 0 Å². The minimum atomic E-state index is 1.14. The highest BCUT2D eigenvalue weighted by Crippen LogP contribution is 2.26. The average Bonchev–Trinajstić information content (AvgIpc) is 2.46. The molecule has 0 aliphatic heterocycles. The van der Waals surface area contributed by atoms with Crippen LogP contribution in [0.25, 0.3) is 10.1 Å². The molecule has 0 fully saturated rings. The standard InChI is InChI=1S/C11H12S/c1-3-9-7-12-11-6-8(2)4-5-10(9)11/h4-7H,3H2,1-2H3. The number of aryl methyl sites for hydroxylation is 2. The topological polar surface area (TPSA) is 0 Å². The first kappa shape index (κ1) is 7.81. The molecular weight excluding hydrogens is 164 g/mol. The quantitative estimate of drug-likeness (QED) is 0.620. The van der Waals surface area contributed by atoms with E-state index < -0.39 is 0 Å². The molecule has 0 aliphatic carbocycles. The molecule has 0 aliphatic rings. The maximum atomic E-state index is 2.27. The molecule has 0 saturated carbocycles. The van der Waals surface area contributed by atoms with Gasteiger partial charge in [-0.05, 0) is 41.3 Å². The lowest BCUT2D eigenvalue weighted by molar-refractivity contribution is 1.17. The van der Waals surface area contributed by atoms with Gasteiger partial charge in [-0.3, -0.25) is 0 Å². The Labute approximate surface area is 76.8 Å². The lowest BCUT2D eigenvalue weighted by Crippen LogP contribution is -1.75. The molecule has 0 nitrogen and oxygen atoms in total. The zero-order valence-corrected chi connectivity index (χ0v) is 8.24. The number of rotatable bonds is 1. The van der Waals surface area contributed by atoms with Crippen molar-refractivity contribution in [2.45, 2.75) is 20.3 Å². The molecule has 1 heteroatoms. The predicted octanol–water partition coefficient (Wildman–Crippen LogP) is 3.77. The van der Waals surface area contributed by atoms with Crippen molar-refractivity contribution in [3.63, 3.8) is 0 Å². The van der Waals surface area contributed by atoms with Gasteiger partial charge in [0.1, 0.15) is 0 Å². The first-order chi connectivity index (χ1) is 5.81. The minimum Gasteiger partial charge on any atom is -0.144 e. The maximum Gasteiger partial charge on any atom is 0.0348 e. The Bertz CT molecular complexity index is 398. The Hall–Kier alpha value is -0.820. The fraction of sp³-hybridized carbons (Fsp3) is 0.273. The van der Waals surface area contributed by atoms with Crippen LogP contribution in [0, 0.1) is 6.92 Å². The van der Waals surface area contributed by atoms with E-state index in [0.29, 0.717) is 0 Å². The van der Waals surface area contributed by atoms with Gasteiger partial charge >= 0.3 is 0 Å². The van der Waals surface area contributed by atoms with Crippen LogP contribution >= 0.6 is 11.3 Å². The van der Waals surface area contributed by atoms with Crippen molar-refractivity contribution < 1.29 is 0 Å². The van der Waals surface area contributed by atoms with Gasteiger partial charge in [0.2, 0.25) is 0 Å². The van der Waals surface area contributed by atoms with E-state index in [1.165, 1.54) is 21.2 Å². The van der Waals surface area contributed by atoms with Gasteiger partial charge in [-0.25, -0.2) is 0 Å². The van der Waals surface area contributed by atoms with Gasteiger partial charge in [0, 0.05) is 4.70 Å². The summed E-state index contributed by atoms with van der Waals surface area (Å²) in [6.07, 6.45) is 1.14. The average molecular weight is 176 g/mol. The third kappa shape index (κ3) is 1.14. The van der Waals surface area contributed by atoms with Crippen LogP contribution in [-0.4, -0.2) is 0 Å². The molecule has 0 atom stereocenters. The third-order valence-corrected chi connectivity index (χ3v) is 3.19. The highest BCUT2D eigenvalue weighted by atomic mass is 32.1. The highest BCUT2D eigenvalue weighted by molar-refractivity contribution is 7.17. The normalized spacial score (nSPS) is 10.8. The Morgan fingerprint density at radius 1 is 1.33 bits per heavy atom. The molecule has 0 radical (unpaired) electrons. The lowest BCUT2D eigenvalue weighted by Gasteiger charge is -1.94. The molecule has 1 aromatic carbocycles. The summed E-state index contributed by atoms with van der Waals surface area (Å²) in [5.74, 6) is 0.